The quantitative estimate of drug-likeness (QED) is 0.762. The topological polar surface area (TPSA) is 29.1 Å². The molecule has 2 unspecified atom stereocenters. The summed E-state index contributed by atoms with van der Waals surface area (Å²) < 4.78 is 0. The van der Waals surface area contributed by atoms with Gasteiger partial charge in [0.25, 0.3) is 0 Å². The maximum atomic E-state index is 11.8. The number of aryl methyl sites for hydroxylation is 1. The van der Waals surface area contributed by atoms with Gasteiger partial charge in [-0.05, 0) is 49.0 Å². The van der Waals surface area contributed by atoms with E-state index in [9.17, 15) is 4.79 Å². The smallest absolute Gasteiger partial charge is 0.220 e. The molecule has 19 heavy (non-hydrogen) atoms. The highest BCUT2D eigenvalue weighted by atomic mass is 35.5. The Labute approximate surface area is 124 Å². The van der Waals surface area contributed by atoms with Gasteiger partial charge in [0.2, 0.25) is 5.91 Å². The van der Waals surface area contributed by atoms with E-state index >= 15 is 0 Å². The fraction of sp³-hybridized carbons (Fsp3) is 0.667. The second kappa shape index (κ2) is 7.91. The van der Waals surface area contributed by atoms with Crippen molar-refractivity contribution >= 4 is 28.8 Å². The summed E-state index contributed by atoms with van der Waals surface area (Å²) in [6.07, 6.45) is 6.29. The second-order valence-corrected chi connectivity index (χ2v) is 6.68. The Morgan fingerprint density at radius 2 is 2.26 bits per heavy atom. The summed E-state index contributed by atoms with van der Waals surface area (Å²) in [5.74, 6) is 2.13. The molecule has 0 bridgehead atoms. The minimum Gasteiger partial charge on any atom is -0.356 e. The van der Waals surface area contributed by atoms with Crippen LogP contribution in [0.25, 0.3) is 0 Å². The van der Waals surface area contributed by atoms with Crippen molar-refractivity contribution in [2.24, 2.45) is 11.8 Å². The fourth-order valence-corrected chi connectivity index (χ4v) is 3.95. The molecule has 1 N–H and O–H groups in total. The van der Waals surface area contributed by atoms with Crippen molar-refractivity contribution in [2.75, 3.05) is 12.4 Å². The van der Waals surface area contributed by atoms with Crippen LogP contribution in [0.15, 0.2) is 17.5 Å². The van der Waals surface area contributed by atoms with Crippen LogP contribution in [0.2, 0.25) is 0 Å². The van der Waals surface area contributed by atoms with Gasteiger partial charge in [-0.2, -0.15) is 0 Å². The van der Waals surface area contributed by atoms with Gasteiger partial charge in [-0.1, -0.05) is 12.5 Å². The molecule has 1 heterocycles. The molecular weight excluding hydrogens is 278 g/mol. The lowest BCUT2D eigenvalue weighted by atomic mass is 9.98. The number of thiophene rings is 1. The molecule has 1 amide bonds. The Hall–Kier alpha value is -0.540. The maximum absolute atomic E-state index is 11.8. The number of alkyl halides is 1. The summed E-state index contributed by atoms with van der Waals surface area (Å²) >= 11 is 7.71. The van der Waals surface area contributed by atoms with Crippen molar-refractivity contribution in [1.82, 2.24) is 5.32 Å². The molecule has 0 spiro atoms. The minimum atomic E-state index is 0.191. The summed E-state index contributed by atoms with van der Waals surface area (Å²) in [6.45, 7) is 0.815. The van der Waals surface area contributed by atoms with Gasteiger partial charge in [0.15, 0.2) is 0 Å². The van der Waals surface area contributed by atoms with Crippen LogP contribution in [-0.2, 0) is 11.2 Å². The molecule has 4 heteroatoms. The number of rotatable bonds is 7. The molecule has 1 fully saturated rings. The van der Waals surface area contributed by atoms with E-state index in [1.165, 1.54) is 24.1 Å². The van der Waals surface area contributed by atoms with E-state index < -0.39 is 0 Å². The van der Waals surface area contributed by atoms with Crippen LogP contribution < -0.4 is 5.32 Å². The maximum Gasteiger partial charge on any atom is 0.220 e. The van der Waals surface area contributed by atoms with Crippen molar-refractivity contribution < 1.29 is 4.79 Å². The number of carbonyl (C=O) groups is 1. The summed E-state index contributed by atoms with van der Waals surface area (Å²) in [5.41, 5.74) is 0. The van der Waals surface area contributed by atoms with Crippen LogP contribution in [0.1, 0.15) is 37.0 Å². The largest absolute Gasteiger partial charge is 0.356 e. The highest BCUT2D eigenvalue weighted by Gasteiger charge is 2.26. The third kappa shape index (κ3) is 4.81. The highest BCUT2D eigenvalue weighted by Crippen LogP contribution is 2.31. The van der Waals surface area contributed by atoms with Gasteiger partial charge in [0.05, 0.1) is 0 Å². The average molecular weight is 300 g/mol. The summed E-state index contributed by atoms with van der Waals surface area (Å²) in [6, 6.07) is 4.19. The molecule has 1 aliphatic carbocycles. The Morgan fingerprint density at radius 3 is 3.00 bits per heavy atom. The van der Waals surface area contributed by atoms with Gasteiger partial charge in [-0.15, -0.1) is 22.9 Å². The van der Waals surface area contributed by atoms with Crippen molar-refractivity contribution in [1.29, 1.82) is 0 Å². The number of hydrogen-bond donors (Lipinski definition) is 1. The molecule has 2 nitrogen and oxygen atoms in total. The van der Waals surface area contributed by atoms with Crippen LogP contribution in [-0.4, -0.2) is 18.3 Å². The first-order chi connectivity index (χ1) is 9.29. The van der Waals surface area contributed by atoms with Gasteiger partial charge in [-0.3, -0.25) is 4.79 Å². The Morgan fingerprint density at radius 1 is 1.42 bits per heavy atom. The van der Waals surface area contributed by atoms with E-state index in [2.05, 4.69) is 22.8 Å². The second-order valence-electron chi connectivity index (χ2n) is 5.34. The van der Waals surface area contributed by atoms with Crippen LogP contribution in [0.3, 0.4) is 0 Å². The molecule has 0 saturated heterocycles. The molecule has 0 aromatic carbocycles. The monoisotopic (exact) mass is 299 g/mol. The fourth-order valence-electron chi connectivity index (χ4n) is 2.80. The van der Waals surface area contributed by atoms with E-state index in [0.717, 1.165) is 25.3 Å². The van der Waals surface area contributed by atoms with Crippen LogP contribution in [0.4, 0.5) is 0 Å². The number of amides is 1. The zero-order valence-electron chi connectivity index (χ0n) is 11.2. The number of carbonyl (C=O) groups excluding carboxylic acids is 1. The molecule has 1 aliphatic rings. The average Bonchev–Trinajstić information content (AvgIpc) is 3.07. The van der Waals surface area contributed by atoms with E-state index in [1.807, 2.05) is 0 Å². The Bertz CT molecular complexity index is 380. The third-order valence-corrected chi connectivity index (χ3v) is 5.32. The number of hydrogen-bond acceptors (Lipinski definition) is 2. The zero-order chi connectivity index (χ0) is 13.5. The van der Waals surface area contributed by atoms with Crippen molar-refractivity contribution in [3.05, 3.63) is 22.4 Å². The standard InChI is InChI=1S/C15H22ClNOS/c16-10-12-4-1-5-13(12)11-17-15(18)8-2-6-14-7-3-9-19-14/h3,7,9,12-13H,1-2,4-6,8,10-11H2,(H,17,18). The first-order valence-corrected chi connectivity index (χ1v) is 8.56. The molecule has 2 rings (SSSR count). The van der Waals surface area contributed by atoms with E-state index in [-0.39, 0.29) is 5.91 Å². The summed E-state index contributed by atoms with van der Waals surface area (Å²) in [7, 11) is 0. The first-order valence-electron chi connectivity index (χ1n) is 7.14. The normalized spacial score (nSPS) is 22.6. The van der Waals surface area contributed by atoms with Crippen LogP contribution >= 0.6 is 22.9 Å². The molecule has 0 radical (unpaired) electrons. The van der Waals surface area contributed by atoms with E-state index in [0.29, 0.717) is 18.3 Å². The Balaban J connectivity index is 1.59. The number of nitrogens with one attached hydrogen (secondary N) is 1. The molecule has 1 aromatic rings. The predicted octanol–water partition coefficient (Wildman–Crippen LogP) is 3.84. The SMILES string of the molecule is O=C(CCCc1cccs1)NCC1CCCC1CCl. The summed E-state index contributed by atoms with van der Waals surface area (Å²) in [4.78, 5) is 13.1. The predicted molar refractivity (Wildman–Crippen MR) is 81.8 cm³/mol. The van der Waals surface area contributed by atoms with Crippen molar-refractivity contribution in [3.8, 4) is 0 Å². The molecule has 1 saturated carbocycles. The summed E-state index contributed by atoms with van der Waals surface area (Å²) in [5, 5.41) is 5.16. The zero-order valence-corrected chi connectivity index (χ0v) is 12.8. The van der Waals surface area contributed by atoms with Crippen LogP contribution in [0, 0.1) is 11.8 Å². The number of halogens is 1. The third-order valence-electron chi connectivity index (χ3n) is 3.98. The molecule has 1 aromatic heterocycles. The molecule has 2 atom stereocenters. The lowest BCUT2D eigenvalue weighted by Crippen LogP contribution is -2.31. The minimum absolute atomic E-state index is 0.191. The van der Waals surface area contributed by atoms with E-state index in [4.69, 9.17) is 11.6 Å². The van der Waals surface area contributed by atoms with Gasteiger partial charge in [0, 0.05) is 23.7 Å². The highest BCUT2D eigenvalue weighted by molar-refractivity contribution is 7.09. The van der Waals surface area contributed by atoms with E-state index in [1.54, 1.807) is 11.3 Å². The molecular formula is C15H22ClNOS. The van der Waals surface area contributed by atoms with Gasteiger partial charge in [-0.25, -0.2) is 0 Å². The first kappa shape index (κ1) is 14.9. The van der Waals surface area contributed by atoms with Crippen LogP contribution in [0.5, 0.6) is 0 Å². The lowest BCUT2D eigenvalue weighted by Gasteiger charge is -2.17. The van der Waals surface area contributed by atoms with Gasteiger partial charge in [0.1, 0.15) is 0 Å². The molecule has 106 valence electrons. The van der Waals surface area contributed by atoms with Gasteiger partial charge < -0.3 is 5.32 Å². The molecule has 0 aliphatic heterocycles. The van der Waals surface area contributed by atoms with Crippen molar-refractivity contribution in [3.63, 3.8) is 0 Å². The van der Waals surface area contributed by atoms with Gasteiger partial charge >= 0.3 is 0 Å². The lowest BCUT2D eigenvalue weighted by molar-refractivity contribution is -0.121. The van der Waals surface area contributed by atoms with Crippen molar-refractivity contribution in [2.45, 2.75) is 38.5 Å². The Kier molecular flexibility index (Phi) is 6.18.